The number of halogens is 1. The first-order valence-corrected chi connectivity index (χ1v) is 10.0. The van der Waals surface area contributed by atoms with Gasteiger partial charge in [0.25, 0.3) is 0 Å². The van der Waals surface area contributed by atoms with E-state index in [0.717, 1.165) is 38.6 Å². The van der Waals surface area contributed by atoms with E-state index in [1.807, 2.05) is 0 Å². The first-order chi connectivity index (χ1) is 11.8. The predicted molar refractivity (Wildman–Crippen MR) is 117 cm³/mol. The molecule has 0 aromatic rings. The number of hydrogen-bond acceptors (Lipinski definition) is 3. The molecule has 0 spiro atoms. The zero-order valence-corrected chi connectivity index (χ0v) is 18.6. The number of hydrogen-bond donors (Lipinski definition) is 2. The van der Waals surface area contributed by atoms with Crippen LogP contribution in [-0.2, 0) is 4.74 Å². The van der Waals surface area contributed by atoms with Crippen molar-refractivity contribution < 1.29 is 4.74 Å². The third-order valence-electron chi connectivity index (χ3n) is 5.56. The van der Waals surface area contributed by atoms with E-state index in [1.165, 1.54) is 64.6 Å². The minimum absolute atomic E-state index is 0. The van der Waals surface area contributed by atoms with Gasteiger partial charge in [-0.15, -0.1) is 24.0 Å². The maximum absolute atomic E-state index is 5.33. The van der Waals surface area contributed by atoms with Crippen LogP contribution in [0.25, 0.3) is 0 Å². The molecule has 0 atom stereocenters. The van der Waals surface area contributed by atoms with E-state index in [-0.39, 0.29) is 24.0 Å². The van der Waals surface area contributed by atoms with Crippen LogP contribution in [-0.4, -0.2) is 63.8 Å². The molecule has 148 valence electrons. The van der Waals surface area contributed by atoms with Crippen LogP contribution in [0, 0.1) is 5.41 Å². The van der Waals surface area contributed by atoms with Gasteiger partial charge in [-0.3, -0.25) is 4.99 Å². The molecule has 1 saturated heterocycles. The van der Waals surface area contributed by atoms with Crippen molar-refractivity contribution in [1.82, 2.24) is 15.5 Å². The van der Waals surface area contributed by atoms with Gasteiger partial charge in [0.1, 0.15) is 0 Å². The van der Waals surface area contributed by atoms with Gasteiger partial charge in [-0.1, -0.05) is 12.8 Å². The first-order valence-electron chi connectivity index (χ1n) is 10.0. The van der Waals surface area contributed by atoms with Gasteiger partial charge in [0.05, 0.1) is 0 Å². The standard InChI is InChI=1S/C19H38N4O.HI/c1-3-20-18(21-12-8-15-23-13-6-7-14-23)22-17-19(11-16-24-2)9-4-5-10-19;/h3-17H2,1-2H3,(H2,20,21,22);1H. The average molecular weight is 466 g/mol. The third kappa shape index (κ3) is 8.43. The highest BCUT2D eigenvalue weighted by Crippen LogP contribution is 2.41. The number of likely N-dealkylation sites (tertiary alicyclic amines) is 1. The van der Waals surface area contributed by atoms with Crippen LogP contribution in [0.5, 0.6) is 0 Å². The molecule has 5 nitrogen and oxygen atoms in total. The van der Waals surface area contributed by atoms with Crippen molar-refractivity contribution in [3.63, 3.8) is 0 Å². The second-order valence-corrected chi connectivity index (χ2v) is 7.47. The zero-order chi connectivity index (χ0) is 17.1. The fourth-order valence-electron chi connectivity index (χ4n) is 4.03. The Bertz CT molecular complexity index is 366. The van der Waals surface area contributed by atoms with Crippen LogP contribution in [0.15, 0.2) is 4.99 Å². The van der Waals surface area contributed by atoms with Gasteiger partial charge >= 0.3 is 0 Å². The molecule has 2 N–H and O–H groups in total. The lowest BCUT2D eigenvalue weighted by Gasteiger charge is -2.27. The van der Waals surface area contributed by atoms with Gasteiger partial charge in [-0.2, -0.15) is 0 Å². The molecular weight excluding hydrogens is 427 g/mol. The molecule has 0 unspecified atom stereocenters. The molecule has 1 heterocycles. The third-order valence-corrected chi connectivity index (χ3v) is 5.56. The monoisotopic (exact) mass is 466 g/mol. The Kier molecular flexibility index (Phi) is 12.1. The Balaban J connectivity index is 0.00000312. The van der Waals surface area contributed by atoms with Gasteiger partial charge in [-0.05, 0) is 70.5 Å². The smallest absolute Gasteiger partial charge is 0.191 e. The second kappa shape index (κ2) is 13.1. The molecule has 0 radical (unpaired) electrons. The fourth-order valence-corrected chi connectivity index (χ4v) is 4.03. The van der Waals surface area contributed by atoms with Gasteiger partial charge in [0, 0.05) is 33.4 Å². The van der Waals surface area contributed by atoms with E-state index in [1.54, 1.807) is 7.11 Å². The van der Waals surface area contributed by atoms with Gasteiger partial charge in [0.15, 0.2) is 5.96 Å². The molecule has 0 aromatic heterocycles. The highest BCUT2D eigenvalue weighted by atomic mass is 127. The number of ether oxygens (including phenoxy) is 1. The van der Waals surface area contributed by atoms with Gasteiger partial charge in [-0.25, -0.2) is 0 Å². The summed E-state index contributed by atoms with van der Waals surface area (Å²) in [5.74, 6) is 0.989. The highest BCUT2D eigenvalue weighted by Gasteiger charge is 2.33. The van der Waals surface area contributed by atoms with Gasteiger partial charge < -0.3 is 20.3 Å². The summed E-state index contributed by atoms with van der Waals surface area (Å²) < 4.78 is 5.33. The van der Waals surface area contributed by atoms with Crippen molar-refractivity contribution in [3.05, 3.63) is 0 Å². The van der Waals surface area contributed by atoms with E-state index >= 15 is 0 Å². The summed E-state index contributed by atoms with van der Waals surface area (Å²) in [5, 5.41) is 6.93. The minimum Gasteiger partial charge on any atom is -0.385 e. The quantitative estimate of drug-likeness (QED) is 0.225. The topological polar surface area (TPSA) is 48.9 Å². The number of rotatable bonds is 10. The van der Waals surface area contributed by atoms with Crippen LogP contribution in [0.1, 0.15) is 58.3 Å². The first kappa shape index (κ1) is 23.0. The van der Waals surface area contributed by atoms with E-state index < -0.39 is 0 Å². The van der Waals surface area contributed by atoms with Crippen molar-refractivity contribution in [3.8, 4) is 0 Å². The average Bonchev–Trinajstić information content (AvgIpc) is 3.27. The molecule has 0 aromatic carbocycles. The number of nitrogens with zero attached hydrogens (tertiary/aromatic N) is 2. The molecule has 1 aliphatic carbocycles. The molecule has 2 aliphatic rings. The van der Waals surface area contributed by atoms with Crippen molar-refractivity contribution in [2.45, 2.75) is 58.3 Å². The summed E-state index contributed by atoms with van der Waals surface area (Å²) in [6, 6.07) is 0. The Labute approximate surface area is 171 Å². The minimum atomic E-state index is 0. The van der Waals surface area contributed by atoms with E-state index in [9.17, 15) is 0 Å². The molecule has 2 fully saturated rings. The van der Waals surface area contributed by atoms with Crippen molar-refractivity contribution in [1.29, 1.82) is 0 Å². The van der Waals surface area contributed by atoms with Crippen molar-refractivity contribution in [2.75, 3.05) is 53.0 Å². The highest BCUT2D eigenvalue weighted by molar-refractivity contribution is 14.0. The van der Waals surface area contributed by atoms with Crippen LogP contribution in [0.4, 0.5) is 0 Å². The lowest BCUT2D eigenvalue weighted by Crippen LogP contribution is -2.39. The number of methoxy groups -OCH3 is 1. The Morgan fingerprint density at radius 2 is 1.84 bits per heavy atom. The van der Waals surface area contributed by atoms with Crippen molar-refractivity contribution >= 4 is 29.9 Å². The predicted octanol–water partition coefficient (Wildman–Crippen LogP) is 3.24. The molecule has 1 saturated carbocycles. The van der Waals surface area contributed by atoms with E-state index in [4.69, 9.17) is 9.73 Å². The van der Waals surface area contributed by atoms with E-state index in [0.29, 0.717) is 5.41 Å². The zero-order valence-electron chi connectivity index (χ0n) is 16.3. The number of nitrogens with one attached hydrogen (secondary N) is 2. The normalized spacial score (nSPS) is 20.5. The van der Waals surface area contributed by atoms with E-state index in [2.05, 4.69) is 22.5 Å². The Hall–Kier alpha value is -0.0800. The van der Waals surface area contributed by atoms with Crippen LogP contribution in [0.2, 0.25) is 0 Å². The largest absolute Gasteiger partial charge is 0.385 e. The number of guanidine groups is 1. The summed E-state index contributed by atoms with van der Waals surface area (Å²) in [4.78, 5) is 7.49. The maximum atomic E-state index is 5.33. The molecule has 1 aliphatic heterocycles. The summed E-state index contributed by atoms with van der Waals surface area (Å²) in [5.41, 5.74) is 0.369. The van der Waals surface area contributed by atoms with Crippen LogP contribution in [0.3, 0.4) is 0 Å². The SMILES string of the molecule is CCNC(=NCC1(CCOC)CCCC1)NCCCN1CCCC1.I. The Morgan fingerprint density at radius 1 is 1.12 bits per heavy atom. The lowest BCUT2D eigenvalue weighted by molar-refractivity contribution is 0.141. The van der Waals surface area contributed by atoms with Crippen molar-refractivity contribution in [2.24, 2.45) is 10.4 Å². The van der Waals surface area contributed by atoms with Crippen LogP contribution >= 0.6 is 24.0 Å². The summed E-state index contributed by atoms with van der Waals surface area (Å²) in [7, 11) is 1.80. The maximum Gasteiger partial charge on any atom is 0.191 e. The molecular formula is C19H39IN4O. The summed E-state index contributed by atoms with van der Waals surface area (Å²) >= 11 is 0. The molecule has 2 rings (SSSR count). The number of aliphatic imine (C=N–C) groups is 1. The summed E-state index contributed by atoms with van der Waals surface area (Å²) in [6.07, 6.45) is 10.4. The Morgan fingerprint density at radius 3 is 2.48 bits per heavy atom. The van der Waals surface area contributed by atoms with Crippen LogP contribution < -0.4 is 10.6 Å². The molecule has 6 heteroatoms. The molecule has 0 amide bonds. The fraction of sp³-hybridized carbons (Fsp3) is 0.947. The van der Waals surface area contributed by atoms with Gasteiger partial charge in [0.2, 0.25) is 0 Å². The lowest BCUT2D eigenvalue weighted by atomic mass is 9.83. The summed E-state index contributed by atoms with van der Waals surface area (Å²) in [6.45, 7) is 9.64. The molecule has 0 bridgehead atoms. The molecule has 25 heavy (non-hydrogen) atoms. The second-order valence-electron chi connectivity index (χ2n) is 7.47.